The zero-order valence-corrected chi connectivity index (χ0v) is 10.0. The average molecular weight is 227 g/mol. The SMILES string of the molecule is C=CCOc1c([C@H](C)N)ccc2ccccc12. The number of nitrogens with two attached hydrogens (primary N) is 1. The van der Waals surface area contributed by atoms with Crippen molar-refractivity contribution in [1.82, 2.24) is 0 Å². The van der Waals surface area contributed by atoms with E-state index in [2.05, 4.69) is 24.8 Å². The number of fused-ring (bicyclic) bond motifs is 1. The van der Waals surface area contributed by atoms with Crippen LogP contribution in [-0.2, 0) is 0 Å². The number of rotatable bonds is 4. The third-order valence-electron chi connectivity index (χ3n) is 2.75. The van der Waals surface area contributed by atoms with E-state index >= 15 is 0 Å². The standard InChI is InChI=1S/C15H17NO/c1-3-10-17-15-13(11(2)16)9-8-12-6-4-5-7-14(12)15/h3-9,11H,1,10,16H2,2H3/t11-/m0/s1. The Hall–Kier alpha value is -1.80. The van der Waals surface area contributed by atoms with Gasteiger partial charge in [0.2, 0.25) is 0 Å². The fraction of sp³-hybridized carbons (Fsp3) is 0.200. The predicted molar refractivity (Wildman–Crippen MR) is 72.2 cm³/mol. The van der Waals surface area contributed by atoms with Crippen molar-refractivity contribution in [3.8, 4) is 5.75 Å². The Morgan fingerprint density at radius 1 is 1.29 bits per heavy atom. The van der Waals surface area contributed by atoms with Crippen LogP contribution < -0.4 is 10.5 Å². The summed E-state index contributed by atoms with van der Waals surface area (Å²) in [6.45, 7) is 6.13. The Morgan fingerprint density at radius 3 is 2.76 bits per heavy atom. The highest BCUT2D eigenvalue weighted by molar-refractivity contribution is 5.89. The molecule has 0 spiro atoms. The highest BCUT2D eigenvalue weighted by atomic mass is 16.5. The van der Waals surface area contributed by atoms with Gasteiger partial charge in [0.25, 0.3) is 0 Å². The van der Waals surface area contributed by atoms with Crippen molar-refractivity contribution in [2.45, 2.75) is 13.0 Å². The number of ether oxygens (including phenoxy) is 1. The van der Waals surface area contributed by atoms with Gasteiger partial charge in [-0.25, -0.2) is 0 Å². The molecule has 2 heteroatoms. The van der Waals surface area contributed by atoms with E-state index < -0.39 is 0 Å². The molecule has 88 valence electrons. The molecule has 0 fully saturated rings. The summed E-state index contributed by atoms with van der Waals surface area (Å²) in [6.07, 6.45) is 1.74. The van der Waals surface area contributed by atoms with Gasteiger partial charge in [0, 0.05) is 17.0 Å². The van der Waals surface area contributed by atoms with Crippen molar-refractivity contribution >= 4 is 10.8 Å². The van der Waals surface area contributed by atoms with Gasteiger partial charge in [-0.15, -0.1) is 0 Å². The maximum atomic E-state index is 5.97. The fourth-order valence-electron chi connectivity index (χ4n) is 1.92. The van der Waals surface area contributed by atoms with Crippen LogP contribution in [0, 0.1) is 0 Å². The largest absolute Gasteiger partial charge is 0.489 e. The second-order valence-electron chi connectivity index (χ2n) is 4.09. The Labute approximate surface area is 102 Å². The first kappa shape index (κ1) is 11.7. The van der Waals surface area contributed by atoms with Crippen molar-refractivity contribution in [2.24, 2.45) is 5.73 Å². The number of hydrogen-bond acceptors (Lipinski definition) is 2. The minimum absolute atomic E-state index is 0.0422. The Bertz CT molecular complexity index is 531. The van der Waals surface area contributed by atoms with Crippen LogP contribution in [0.2, 0.25) is 0 Å². The lowest BCUT2D eigenvalue weighted by Crippen LogP contribution is -2.08. The van der Waals surface area contributed by atoms with E-state index in [4.69, 9.17) is 10.5 Å². The Balaban J connectivity index is 2.61. The van der Waals surface area contributed by atoms with E-state index in [0.717, 1.165) is 22.1 Å². The Kier molecular flexibility index (Phi) is 3.45. The van der Waals surface area contributed by atoms with E-state index in [9.17, 15) is 0 Å². The lowest BCUT2D eigenvalue weighted by atomic mass is 10.0. The van der Waals surface area contributed by atoms with Crippen molar-refractivity contribution in [3.63, 3.8) is 0 Å². The topological polar surface area (TPSA) is 35.2 Å². The molecule has 2 N–H and O–H groups in total. The second-order valence-corrected chi connectivity index (χ2v) is 4.09. The van der Waals surface area contributed by atoms with Gasteiger partial charge in [-0.3, -0.25) is 0 Å². The molecule has 0 aromatic heterocycles. The molecule has 0 saturated heterocycles. The van der Waals surface area contributed by atoms with Crippen LogP contribution in [0.4, 0.5) is 0 Å². The normalized spacial score (nSPS) is 12.4. The van der Waals surface area contributed by atoms with Gasteiger partial charge in [-0.2, -0.15) is 0 Å². The fourth-order valence-corrected chi connectivity index (χ4v) is 1.92. The molecule has 2 rings (SSSR count). The summed E-state index contributed by atoms with van der Waals surface area (Å²) in [6, 6.07) is 12.2. The van der Waals surface area contributed by atoms with Crippen LogP contribution in [-0.4, -0.2) is 6.61 Å². The third kappa shape index (κ3) is 2.32. The van der Waals surface area contributed by atoms with Gasteiger partial charge in [0.1, 0.15) is 12.4 Å². The third-order valence-corrected chi connectivity index (χ3v) is 2.75. The highest BCUT2D eigenvalue weighted by Gasteiger charge is 2.11. The second kappa shape index (κ2) is 5.02. The quantitative estimate of drug-likeness (QED) is 0.812. The molecule has 2 aromatic carbocycles. The van der Waals surface area contributed by atoms with Crippen LogP contribution in [0.5, 0.6) is 5.75 Å². The lowest BCUT2D eigenvalue weighted by Gasteiger charge is -2.15. The zero-order chi connectivity index (χ0) is 12.3. The summed E-state index contributed by atoms with van der Waals surface area (Å²) in [7, 11) is 0. The zero-order valence-electron chi connectivity index (χ0n) is 10.0. The molecule has 17 heavy (non-hydrogen) atoms. The van der Waals surface area contributed by atoms with Gasteiger partial charge in [0.05, 0.1) is 0 Å². The van der Waals surface area contributed by atoms with Gasteiger partial charge < -0.3 is 10.5 Å². The summed E-state index contributed by atoms with van der Waals surface area (Å²) in [5.41, 5.74) is 7.00. The molecule has 0 aliphatic rings. The van der Waals surface area contributed by atoms with Crippen LogP contribution in [0.25, 0.3) is 10.8 Å². The molecular weight excluding hydrogens is 210 g/mol. The molecule has 0 unspecified atom stereocenters. The van der Waals surface area contributed by atoms with Gasteiger partial charge in [0.15, 0.2) is 0 Å². The van der Waals surface area contributed by atoms with Crippen LogP contribution in [0.15, 0.2) is 49.1 Å². The summed E-state index contributed by atoms with van der Waals surface area (Å²) < 4.78 is 5.76. The molecule has 0 saturated carbocycles. The minimum Gasteiger partial charge on any atom is -0.489 e. The molecule has 0 aliphatic carbocycles. The number of benzene rings is 2. The smallest absolute Gasteiger partial charge is 0.132 e. The molecule has 0 heterocycles. The van der Waals surface area contributed by atoms with E-state index in [1.54, 1.807) is 6.08 Å². The molecule has 0 amide bonds. The molecule has 0 bridgehead atoms. The van der Waals surface area contributed by atoms with E-state index in [1.807, 2.05) is 25.1 Å². The first-order valence-electron chi connectivity index (χ1n) is 5.75. The van der Waals surface area contributed by atoms with Crippen molar-refractivity contribution < 1.29 is 4.74 Å². The predicted octanol–water partition coefficient (Wildman–Crippen LogP) is 3.42. The van der Waals surface area contributed by atoms with Crippen molar-refractivity contribution in [1.29, 1.82) is 0 Å². The average Bonchev–Trinajstić information content (AvgIpc) is 2.35. The summed E-state index contributed by atoms with van der Waals surface area (Å²) >= 11 is 0. The monoisotopic (exact) mass is 227 g/mol. The molecule has 1 atom stereocenters. The van der Waals surface area contributed by atoms with Gasteiger partial charge >= 0.3 is 0 Å². The van der Waals surface area contributed by atoms with Crippen LogP contribution >= 0.6 is 0 Å². The number of hydrogen-bond donors (Lipinski definition) is 1. The van der Waals surface area contributed by atoms with E-state index in [1.165, 1.54) is 0 Å². The lowest BCUT2D eigenvalue weighted by molar-refractivity contribution is 0.361. The highest BCUT2D eigenvalue weighted by Crippen LogP contribution is 2.32. The molecule has 0 radical (unpaired) electrons. The first-order valence-corrected chi connectivity index (χ1v) is 5.75. The summed E-state index contributed by atoms with van der Waals surface area (Å²) in [5.74, 6) is 0.873. The van der Waals surface area contributed by atoms with Crippen molar-refractivity contribution in [3.05, 3.63) is 54.6 Å². The molecule has 0 aliphatic heterocycles. The maximum absolute atomic E-state index is 5.97. The first-order chi connectivity index (χ1) is 8.24. The van der Waals surface area contributed by atoms with Crippen LogP contribution in [0.3, 0.4) is 0 Å². The van der Waals surface area contributed by atoms with E-state index in [-0.39, 0.29) is 6.04 Å². The van der Waals surface area contributed by atoms with Crippen LogP contribution in [0.1, 0.15) is 18.5 Å². The van der Waals surface area contributed by atoms with E-state index in [0.29, 0.717) is 6.61 Å². The molecule has 2 nitrogen and oxygen atoms in total. The summed E-state index contributed by atoms with van der Waals surface area (Å²) in [4.78, 5) is 0. The molecular formula is C15H17NO. The van der Waals surface area contributed by atoms with Crippen molar-refractivity contribution in [2.75, 3.05) is 6.61 Å². The van der Waals surface area contributed by atoms with Gasteiger partial charge in [-0.05, 0) is 12.3 Å². The molecule has 2 aromatic rings. The Morgan fingerprint density at radius 2 is 2.06 bits per heavy atom. The summed E-state index contributed by atoms with van der Waals surface area (Å²) in [5, 5.41) is 2.26. The van der Waals surface area contributed by atoms with Gasteiger partial charge in [-0.1, -0.05) is 49.1 Å². The minimum atomic E-state index is -0.0422. The maximum Gasteiger partial charge on any atom is 0.132 e.